The van der Waals surface area contributed by atoms with E-state index in [-0.39, 0.29) is 36.8 Å². The fraction of sp³-hybridized carbons (Fsp3) is 0.846. The molecule has 2 rings (SSSR count). The van der Waals surface area contributed by atoms with Gasteiger partial charge in [-0.05, 0) is 37.5 Å². The third-order valence-electron chi connectivity index (χ3n) is 3.57. The zero-order valence-electron chi connectivity index (χ0n) is 10.6. The maximum absolute atomic E-state index is 11.7. The first-order valence-electron chi connectivity index (χ1n) is 6.54. The summed E-state index contributed by atoms with van der Waals surface area (Å²) in [5.74, 6) is -0.221. The summed E-state index contributed by atoms with van der Waals surface area (Å²) in [6.45, 7) is 0. The minimum absolute atomic E-state index is 0.0368. The molecule has 5 heteroatoms. The van der Waals surface area contributed by atoms with Gasteiger partial charge in [0.1, 0.15) is 6.10 Å². The van der Waals surface area contributed by atoms with E-state index in [0.717, 1.165) is 25.7 Å². The number of aliphatic hydroxyl groups excluding tert-OH is 1. The van der Waals surface area contributed by atoms with Crippen LogP contribution in [0.1, 0.15) is 38.5 Å². The molecule has 0 aromatic heterocycles. The Balaban J connectivity index is 1.76. The maximum atomic E-state index is 11.7. The monoisotopic (exact) mass is 256 g/mol. The van der Waals surface area contributed by atoms with Crippen molar-refractivity contribution in [3.8, 4) is 0 Å². The second kappa shape index (κ2) is 5.69. The first-order valence-corrected chi connectivity index (χ1v) is 6.54. The van der Waals surface area contributed by atoms with Crippen molar-refractivity contribution >= 4 is 11.9 Å². The summed E-state index contributed by atoms with van der Waals surface area (Å²) in [5, 5.41) is 9.66. The Labute approximate surface area is 106 Å². The zero-order chi connectivity index (χ0) is 13.1. The van der Waals surface area contributed by atoms with Crippen LogP contribution < -0.4 is 0 Å². The van der Waals surface area contributed by atoms with Crippen LogP contribution in [0.4, 0.5) is 0 Å². The van der Waals surface area contributed by atoms with Crippen LogP contribution >= 0.6 is 0 Å². The summed E-state index contributed by atoms with van der Waals surface area (Å²) in [6, 6.07) is 0. The molecule has 2 aliphatic carbocycles. The fourth-order valence-corrected chi connectivity index (χ4v) is 2.06. The predicted octanol–water partition coefficient (Wildman–Crippen LogP) is 1.03. The van der Waals surface area contributed by atoms with Crippen LogP contribution in [-0.4, -0.2) is 36.4 Å². The lowest BCUT2D eigenvalue weighted by Gasteiger charge is -2.17. The minimum atomic E-state index is -0.588. The van der Waals surface area contributed by atoms with Gasteiger partial charge in [0, 0.05) is 0 Å². The van der Waals surface area contributed by atoms with Crippen LogP contribution in [0.3, 0.4) is 0 Å². The van der Waals surface area contributed by atoms with Crippen LogP contribution in [-0.2, 0) is 19.1 Å². The summed E-state index contributed by atoms with van der Waals surface area (Å²) >= 11 is 0. The second-order valence-electron chi connectivity index (χ2n) is 5.25. The average molecular weight is 256 g/mol. The highest BCUT2D eigenvalue weighted by molar-refractivity contribution is 5.73. The number of rotatable bonds is 7. The normalized spacial score (nSPS) is 22.1. The predicted molar refractivity (Wildman–Crippen MR) is 62.6 cm³/mol. The molecule has 18 heavy (non-hydrogen) atoms. The van der Waals surface area contributed by atoms with Gasteiger partial charge in [-0.15, -0.1) is 0 Å². The van der Waals surface area contributed by atoms with Gasteiger partial charge in [0.05, 0.1) is 26.1 Å². The number of esters is 2. The summed E-state index contributed by atoms with van der Waals surface area (Å²) in [6.07, 6.45) is 3.14. The third-order valence-corrected chi connectivity index (χ3v) is 3.57. The van der Waals surface area contributed by atoms with Gasteiger partial charge in [-0.3, -0.25) is 9.59 Å². The second-order valence-corrected chi connectivity index (χ2v) is 5.25. The average Bonchev–Trinajstić information content (AvgIpc) is 3.19. The van der Waals surface area contributed by atoms with Gasteiger partial charge in [0.25, 0.3) is 0 Å². The van der Waals surface area contributed by atoms with Crippen molar-refractivity contribution in [1.82, 2.24) is 0 Å². The van der Waals surface area contributed by atoms with E-state index in [2.05, 4.69) is 4.74 Å². The van der Waals surface area contributed by atoms with Crippen molar-refractivity contribution in [3.05, 3.63) is 0 Å². The van der Waals surface area contributed by atoms with Gasteiger partial charge in [0.15, 0.2) is 0 Å². The van der Waals surface area contributed by atoms with Gasteiger partial charge in [0.2, 0.25) is 0 Å². The Hall–Kier alpha value is -1.10. The molecule has 102 valence electrons. The van der Waals surface area contributed by atoms with Crippen molar-refractivity contribution in [2.45, 2.75) is 50.7 Å². The lowest BCUT2D eigenvalue weighted by Crippen LogP contribution is -2.26. The molecule has 0 amide bonds. The first-order chi connectivity index (χ1) is 8.60. The summed E-state index contributed by atoms with van der Waals surface area (Å²) in [4.78, 5) is 22.9. The Morgan fingerprint density at radius 1 is 1.11 bits per heavy atom. The molecule has 0 saturated heterocycles. The van der Waals surface area contributed by atoms with Gasteiger partial charge in [-0.2, -0.15) is 0 Å². The highest BCUT2D eigenvalue weighted by atomic mass is 16.6. The van der Waals surface area contributed by atoms with Crippen LogP contribution in [0.25, 0.3) is 0 Å². The van der Waals surface area contributed by atoms with Gasteiger partial charge in [-0.1, -0.05) is 0 Å². The van der Waals surface area contributed by atoms with E-state index in [4.69, 9.17) is 4.74 Å². The van der Waals surface area contributed by atoms with E-state index in [1.54, 1.807) is 0 Å². The number of hydrogen-bond donors (Lipinski definition) is 1. The Kier molecular flexibility index (Phi) is 4.22. The van der Waals surface area contributed by atoms with E-state index in [1.807, 2.05) is 0 Å². The molecule has 0 heterocycles. The van der Waals surface area contributed by atoms with Crippen LogP contribution in [0.2, 0.25) is 0 Å². The molecule has 2 unspecified atom stereocenters. The number of carbonyl (C=O) groups excluding carboxylic acids is 2. The number of aliphatic hydroxyl groups is 1. The SMILES string of the molecule is COC(=O)CC(OC(=O)CC(O)C1CC1)C1CC1. The molecule has 0 spiro atoms. The molecular formula is C13H20O5. The number of ether oxygens (including phenoxy) is 2. The van der Waals surface area contributed by atoms with E-state index in [1.165, 1.54) is 7.11 Å². The highest BCUT2D eigenvalue weighted by Crippen LogP contribution is 2.37. The van der Waals surface area contributed by atoms with Crippen molar-refractivity contribution in [2.24, 2.45) is 11.8 Å². The van der Waals surface area contributed by atoms with Crippen LogP contribution in [0.15, 0.2) is 0 Å². The molecule has 2 saturated carbocycles. The van der Waals surface area contributed by atoms with Crippen LogP contribution in [0, 0.1) is 11.8 Å². The van der Waals surface area contributed by atoms with Crippen LogP contribution in [0.5, 0.6) is 0 Å². The van der Waals surface area contributed by atoms with E-state index in [9.17, 15) is 14.7 Å². The molecule has 0 aromatic carbocycles. The Bertz CT molecular complexity index is 319. The first kappa shape index (κ1) is 13.3. The Morgan fingerprint density at radius 3 is 2.22 bits per heavy atom. The van der Waals surface area contributed by atoms with Crippen molar-refractivity contribution in [2.75, 3.05) is 7.11 Å². The van der Waals surface area contributed by atoms with E-state index in [0.29, 0.717) is 0 Å². The summed E-state index contributed by atoms with van der Waals surface area (Å²) in [5.41, 5.74) is 0. The summed E-state index contributed by atoms with van der Waals surface area (Å²) < 4.78 is 9.89. The molecule has 1 N–H and O–H groups in total. The third kappa shape index (κ3) is 3.98. The molecule has 2 aliphatic rings. The molecule has 5 nitrogen and oxygen atoms in total. The topological polar surface area (TPSA) is 72.8 Å². The van der Waals surface area contributed by atoms with Crippen molar-refractivity contribution in [3.63, 3.8) is 0 Å². The van der Waals surface area contributed by atoms with Gasteiger partial charge < -0.3 is 14.6 Å². The molecule has 0 radical (unpaired) electrons. The largest absolute Gasteiger partial charge is 0.469 e. The highest BCUT2D eigenvalue weighted by Gasteiger charge is 2.37. The smallest absolute Gasteiger partial charge is 0.309 e. The minimum Gasteiger partial charge on any atom is -0.469 e. The lowest BCUT2D eigenvalue weighted by molar-refractivity contribution is -0.157. The molecule has 2 atom stereocenters. The number of carbonyl (C=O) groups is 2. The summed E-state index contributed by atoms with van der Waals surface area (Å²) in [7, 11) is 1.32. The van der Waals surface area contributed by atoms with Crippen molar-refractivity contribution in [1.29, 1.82) is 0 Å². The quantitative estimate of drug-likeness (QED) is 0.689. The molecule has 2 fully saturated rings. The number of methoxy groups -OCH3 is 1. The number of hydrogen-bond acceptors (Lipinski definition) is 5. The Morgan fingerprint density at radius 2 is 1.72 bits per heavy atom. The molecule has 0 bridgehead atoms. The van der Waals surface area contributed by atoms with Crippen molar-refractivity contribution < 1.29 is 24.2 Å². The lowest BCUT2D eigenvalue weighted by atomic mass is 10.1. The molecule has 0 aliphatic heterocycles. The van der Waals surface area contributed by atoms with E-state index < -0.39 is 12.1 Å². The fourth-order valence-electron chi connectivity index (χ4n) is 2.06. The van der Waals surface area contributed by atoms with Gasteiger partial charge >= 0.3 is 11.9 Å². The standard InChI is InChI=1S/C13H20O5/c1-17-12(15)7-11(9-4-5-9)18-13(16)6-10(14)8-2-3-8/h8-11,14H,2-7H2,1H3. The van der Waals surface area contributed by atoms with E-state index >= 15 is 0 Å². The molecular weight excluding hydrogens is 236 g/mol. The molecule has 0 aromatic rings. The van der Waals surface area contributed by atoms with Gasteiger partial charge in [-0.25, -0.2) is 0 Å². The maximum Gasteiger partial charge on any atom is 0.309 e. The zero-order valence-corrected chi connectivity index (χ0v) is 10.6.